The van der Waals surface area contributed by atoms with Gasteiger partial charge in [-0.3, -0.25) is 0 Å². The Morgan fingerprint density at radius 3 is 2.53 bits per heavy atom. The maximum absolute atomic E-state index is 5.88. The van der Waals surface area contributed by atoms with Gasteiger partial charge >= 0.3 is 0 Å². The molecule has 2 rings (SSSR count). The second-order valence-corrected chi connectivity index (χ2v) is 4.47. The van der Waals surface area contributed by atoms with E-state index in [1.165, 1.54) is 0 Å². The standard InChI is InChI=1S/C13H11Cl2NO/c14-10-3-1-2-9(6-10)8-17-13-7-11(15)4-5-12(13)16/h1-7H,8,16H2. The Balaban J connectivity index is 2.09. The molecule has 0 saturated carbocycles. The molecule has 0 amide bonds. The third kappa shape index (κ3) is 3.29. The summed E-state index contributed by atoms with van der Waals surface area (Å²) in [5.74, 6) is 0.581. The molecule has 0 aromatic heterocycles. The van der Waals surface area contributed by atoms with E-state index in [4.69, 9.17) is 33.7 Å². The molecular weight excluding hydrogens is 257 g/mol. The van der Waals surface area contributed by atoms with Gasteiger partial charge in [0.05, 0.1) is 5.69 Å². The number of hydrogen-bond acceptors (Lipinski definition) is 2. The van der Waals surface area contributed by atoms with Crippen LogP contribution in [0.4, 0.5) is 5.69 Å². The highest BCUT2D eigenvalue weighted by molar-refractivity contribution is 6.31. The molecule has 0 aliphatic rings. The Morgan fingerprint density at radius 1 is 1.00 bits per heavy atom. The smallest absolute Gasteiger partial charge is 0.144 e. The lowest BCUT2D eigenvalue weighted by Crippen LogP contribution is -1.98. The fourth-order valence-electron chi connectivity index (χ4n) is 1.42. The molecule has 88 valence electrons. The molecule has 0 radical (unpaired) electrons. The second-order valence-electron chi connectivity index (χ2n) is 3.60. The first-order valence-electron chi connectivity index (χ1n) is 5.07. The van der Waals surface area contributed by atoms with Crippen LogP contribution in [-0.2, 0) is 6.61 Å². The molecule has 2 aromatic rings. The number of nitrogens with two attached hydrogens (primary N) is 1. The molecule has 17 heavy (non-hydrogen) atoms. The number of nitrogen functional groups attached to an aromatic ring is 1. The summed E-state index contributed by atoms with van der Waals surface area (Å²) in [6.45, 7) is 0.408. The van der Waals surface area contributed by atoms with Crippen LogP contribution in [0.2, 0.25) is 10.0 Å². The monoisotopic (exact) mass is 267 g/mol. The fraction of sp³-hybridized carbons (Fsp3) is 0.0769. The minimum absolute atomic E-state index is 0.408. The van der Waals surface area contributed by atoms with E-state index in [-0.39, 0.29) is 0 Å². The van der Waals surface area contributed by atoms with E-state index < -0.39 is 0 Å². The summed E-state index contributed by atoms with van der Waals surface area (Å²) in [4.78, 5) is 0. The summed E-state index contributed by atoms with van der Waals surface area (Å²) in [6.07, 6.45) is 0. The Bertz CT molecular complexity index is 529. The summed E-state index contributed by atoms with van der Waals surface area (Å²) < 4.78 is 5.59. The largest absolute Gasteiger partial charge is 0.487 e. The third-order valence-electron chi connectivity index (χ3n) is 2.26. The van der Waals surface area contributed by atoms with Gasteiger partial charge in [-0.15, -0.1) is 0 Å². The molecule has 0 bridgehead atoms. The van der Waals surface area contributed by atoms with Gasteiger partial charge in [0, 0.05) is 16.1 Å². The van der Waals surface area contributed by atoms with Gasteiger partial charge in [-0.1, -0.05) is 35.3 Å². The lowest BCUT2D eigenvalue weighted by molar-refractivity contribution is 0.308. The molecule has 0 fully saturated rings. The molecule has 0 spiro atoms. The van der Waals surface area contributed by atoms with Crippen molar-refractivity contribution in [3.63, 3.8) is 0 Å². The normalized spacial score (nSPS) is 10.2. The van der Waals surface area contributed by atoms with Gasteiger partial charge in [-0.2, -0.15) is 0 Å². The summed E-state index contributed by atoms with van der Waals surface area (Å²) in [7, 11) is 0. The predicted molar refractivity (Wildman–Crippen MR) is 71.6 cm³/mol. The molecule has 4 heteroatoms. The number of halogens is 2. The van der Waals surface area contributed by atoms with Crippen LogP contribution in [0.15, 0.2) is 42.5 Å². The van der Waals surface area contributed by atoms with E-state index in [9.17, 15) is 0 Å². The maximum Gasteiger partial charge on any atom is 0.144 e. The Morgan fingerprint density at radius 2 is 1.76 bits per heavy atom. The number of hydrogen-bond donors (Lipinski definition) is 1. The van der Waals surface area contributed by atoms with Crippen LogP contribution in [0.3, 0.4) is 0 Å². The van der Waals surface area contributed by atoms with Crippen molar-refractivity contribution in [3.8, 4) is 5.75 Å². The first-order chi connectivity index (χ1) is 8.15. The van der Waals surface area contributed by atoms with Crippen LogP contribution >= 0.6 is 23.2 Å². The van der Waals surface area contributed by atoms with Crippen molar-refractivity contribution in [2.24, 2.45) is 0 Å². The van der Waals surface area contributed by atoms with E-state index in [0.29, 0.717) is 28.1 Å². The van der Waals surface area contributed by atoms with Crippen LogP contribution in [0.5, 0.6) is 5.75 Å². The van der Waals surface area contributed by atoms with Crippen LogP contribution in [0.1, 0.15) is 5.56 Å². The lowest BCUT2D eigenvalue weighted by atomic mass is 10.2. The van der Waals surface area contributed by atoms with Crippen LogP contribution in [0.25, 0.3) is 0 Å². The van der Waals surface area contributed by atoms with Gasteiger partial charge in [0.25, 0.3) is 0 Å². The molecule has 2 aromatic carbocycles. The minimum atomic E-state index is 0.408. The van der Waals surface area contributed by atoms with Crippen LogP contribution < -0.4 is 10.5 Å². The van der Waals surface area contributed by atoms with Crippen molar-refractivity contribution in [3.05, 3.63) is 58.1 Å². The molecule has 0 aliphatic carbocycles. The van der Waals surface area contributed by atoms with E-state index in [1.807, 2.05) is 24.3 Å². The molecule has 0 saturated heterocycles. The van der Waals surface area contributed by atoms with Crippen molar-refractivity contribution in [2.75, 3.05) is 5.73 Å². The summed E-state index contributed by atoms with van der Waals surface area (Å²) in [5.41, 5.74) is 7.32. The van der Waals surface area contributed by atoms with Gasteiger partial charge < -0.3 is 10.5 Å². The predicted octanol–water partition coefficient (Wildman–Crippen LogP) is 4.15. The van der Waals surface area contributed by atoms with E-state index in [0.717, 1.165) is 5.56 Å². The topological polar surface area (TPSA) is 35.2 Å². The number of benzene rings is 2. The zero-order valence-corrected chi connectivity index (χ0v) is 10.5. The Labute approximate surface area is 110 Å². The highest BCUT2D eigenvalue weighted by Crippen LogP contribution is 2.26. The van der Waals surface area contributed by atoms with Crippen molar-refractivity contribution >= 4 is 28.9 Å². The van der Waals surface area contributed by atoms with Gasteiger partial charge in [0.2, 0.25) is 0 Å². The molecular formula is C13H11Cl2NO. The quantitative estimate of drug-likeness (QED) is 0.848. The zero-order chi connectivity index (χ0) is 12.3. The van der Waals surface area contributed by atoms with Crippen molar-refractivity contribution in [1.82, 2.24) is 0 Å². The molecule has 0 unspecified atom stereocenters. The van der Waals surface area contributed by atoms with Crippen molar-refractivity contribution in [2.45, 2.75) is 6.61 Å². The summed E-state index contributed by atoms with van der Waals surface area (Å²) in [5, 5.41) is 1.28. The van der Waals surface area contributed by atoms with E-state index >= 15 is 0 Å². The van der Waals surface area contributed by atoms with Crippen molar-refractivity contribution in [1.29, 1.82) is 0 Å². The van der Waals surface area contributed by atoms with Gasteiger partial charge in [0.15, 0.2) is 0 Å². The number of rotatable bonds is 3. The van der Waals surface area contributed by atoms with Gasteiger partial charge in [-0.05, 0) is 29.8 Å². The molecule has 0 atom stereocenters. The Kier molecular flexibility index (Phi) is 3.77. The molecule has 2 nitrogen and oxygen atoms in total. The Hall–Kier alpha value is -1.38. The van der Waals surface area contributed by atoms with Crippen LogP contribution in [0, 0.1) is 0 Å². The molecule has 0 aliphatic heterocycles. The van der Waals surface area contributed by atoms with Crippen molar-refractivity contribution < 1.29 is 4.74 Å². The summed E-state index contributed by atoms with van der Waals surface area (Å²) >= 11 is 11.7. The first kappa shape index (κ1) is 12.1. The average molecular weight is 268 g/mol. The highest BCUT2D eigenvalue weighted by atomic mass is 35.5. The SMILES string of the molecule is Nc1ccc(Cl)cc1OCc1cccc(Cl)c1. The summed E-state index contributed by atoms with van der Waals surface area (Å²) in [6, 6.07) is 12.6. The second kappa shape index (κ2) is 5.30. The molecule has 0 heterocycles. The number of ether oxygens (including phenoxy) is 1. The molecule has 2 N–H and O–H groups in total. The lowest BCUT2D eigenvalue weighted by Gasteiger charge is -2.09. The fourth-order valence-corrected chi connectivity index (χ4v) is 1.80. The first-order valence-corrected chi connectivity index (χ1v) is 5.83. The third-order valence-corrected chi connectivity index (χ3v) is 2.73. The van der Waals surface area contributed by atoms with Gasteiger partial charge in [-0.25, -0.2) is 0 Å². The highest BCUT2D eigenvalue weighted by Gasteiger charge is 2.02. The zero-order valence-electron chi connectivity index (χ0n) is 8.99. The van der Waals surface area contributed by atoms with E-state index in [2.05, 4.69) is 0 Å². The average Bonchev–Trinajstić information content (AvgIpc) is 2.30. The maximum atomic E-state index is 5.88. The number of anilines is 1. The minimum Gasteiger partial charge on any atom is -0.487 e. The van der Waals surface area contributed by atoms with E-state index in [1.54, 1.807) is 18.2 Å². The van der Waals surface area contributed by atoms with Crippen LogP contribution in [-0.4, -0.2) is 0 Å². The van der Waals surface area contributed by atoms with Gasteiger partial charge in [0.1, 0.15) is 12.4 Å².